The van der Waals surface area contributed by atoms with Gasteiger partial charge in [0.25, 0.3) is 0 Å². The van der Waals surface area contributed by atoms with Gasteiger partial charge in [0.2, 0.25) is 52.4 Å². The number of rotatable bonds is 30. The zero-order valence-electron chi connectivity index (χ0n) is 59.3. The highest BCUT2D eigenvalue weighted by Gasteiger charge is 2.57. The van der Waals surface area contributed by atoms with Gasteiger partial charge in [-0.3, -0.25) is 43.2 Å². The van der Waals surface area contributed by atoms with Crippen molar-refractivity contribution < 1.29 is 128 Å². The lowest BCUT2D eigenvalue weighted by atomic mass is 9.81. The Morgan fingerprint density at radius 2 is 0.430 bits per heavy atom. The summed E-state index contributed by atoms with van der Waals surface area (Å²) < 4.78 is 115. The number of amides is 3. The van der Waals surface area contributed by atoms with E-state index in [1.54, 1.807) is 83.1 Å². The molecule has 0 bridgehead atoms. The Morgan fingerprint density at radius 3 is 0.580 bits per heavy atom. The Kier molecular flexibility index (Phi) is 22.4. The summed E-state index contributed by atoms with van der Waals surface area (Å²) in [5.74, 6) is -15.0. The first-order valence-electron chi connectivity index (χ1n) is 32.2. The molecule has 0 aliphatic carbocycles. The minimum atomic E-state index is -1.49. The van der Waals surface area contributed by atoms with Gasteiger partial charge in [-0.2, -0.15) is 0 Å². The molecule has 0 fully saturated rings. The van der Waals surface area contributed by atoms with Crippen molar-refractivity contribution in [2.45, 2.75) is 180 Å². The van der Waals surface area contributed by atoms with Crippen LogP contribution in [0.5, 0.6) is 69.0 Å². The maximum Gasteiger partial charge on any atom is 0.302 e. The fraction of sp³-hybridized carbons (Fsp3) is 0.597. The van der Waals surface area contributed by atoms with Crippen molar-refractivity contribution in [1.29, 1.82) is 0 Å². The number of esters is 6. The number of carbonyl (C=O) groups excluding carboxylic acids is 9. The lowest BCUT2D eigenvalue weighted by Crippen LogP contribution is -2.38. The van der Waals surface area contributed by atoms with Gasteiger partial charge >= 0.3 is 35.8 Å². The first kappa shape index (κ1) is 75.7. The van der Waals surface area contributed by atoms with Crippen LogP contribution in [0.25, 0.3) is 0 Å². The first-order chi connectivity index (χ1) is 46.7. The van der Waals surface area contributed by atoms with Crippen molar-refractivity contribution >= 4 is 88.8 Å². The van der Waals surface area contributed by atoms with E-state index in [9.17, 15) is 43.2 Å². The largest absolute Gasteiger partial charge is 0.464 e. The summed E-state index contributed by atoms with van der Waals surface area (Å²) in [5.41, 5.74) is 0.533. The van der Waals surface area contributed by atoms with Crippen LogP contribution in [0, 0.1) is 0 Å². The van der Waals surface area contributed by atoms with Gasteiger partial charge in [-0.05, 0) is 0 Å². The molecule has 0 radical (unpaired) electrons. The van der Waals surface area contributed by atoms with Crippen LogP contribution in [-0.2, 0) is 71.6 Å². The van der Waals surface area contributed by atoms with Crippen molar-refractivity contribution in [3.8, 4) is 69.0 Å². The third-order valence-electron chi connectivity index (χ3n) is 15.1. The number of nitrogens with zero attached hydrogens (tertiary/aromatic N) is 3. The maximum atomic E-state index is 14.5. The van der Waals surface area contributed by atoms with Crippen molar-refractivity contribution in [2.24, 2.45) is 0 Å². The van der Waals surface area contributed by atoms with Crippen LogP contribution >= 0.6 is 35.3 Å². The van der Waals surface area contributed by atoms with Crippen LogP contribution in [0.2, 0.25) is 0 Å². The van der Waals surface area contributed by atoms with Gasteiger partial charge < -0.3 is 100.0 Å². The number of thioether (sulfide) groups is 3. The van der Waals surface area contributed by atoms with Gasteiger partial charge in [0.15, 0.2) is 69.0 Å². The number of ether oxygens (including phenoxy) is 18. The highest BCUT2D eigenvalue weighted by molar-refractivity contribution is 8.00. The third kappa shape index (κ3) is 17.8. The topological polar surface area (TPSA) is 329 Å². The number of fused-ring (bicyclic) bond motifs is 6. The molecular formula is C67H85N3O27S3. The van der Waals surface area contributed by atoms with Gasteiger partial charge in [-0.25, -0.2) is 0 Å². The van der Waals surface area contributed by atoms with Crippen molar-refractivity contribution in [3.05, 3.63) is 16.7 Å². The summed E-state index contributed by atoms with van der Waals surface area (Å²) in [7, 11) is 0. The van der Waals surface area contributed by atoms with Crippen molar-refractivity contribution in [3.63, 3.8) is 0 Å². The van der Waals surface area contributed by atoms with Gasteiger partial charge in [0.1, 0.15) is 54.3 Å². The van der Waals surface area contributed by atoms with Crippen LogP contribution < -0.4 is 56.8 Å². The highest BCUT2D eigenvalue weighted by atomic mass is 32.2. The Labute approximate surface area is 591 Å². The zero-order chi connectivity index (χ0) is 73.4. The summed E-state index contributed by atoms with van der Waals surface area (Å²) in [4.78, 5) is 120. The molecule has 0 aromatic heterocycles. The van der Waals surface area contributed by atoms with Crippen LogP contribution in [0.15, 0.2) is 14.7 Å². The van der Waals surface area contributed by atoms with Crippen molar-refractivity contribution in [1.82, 2.24) is 14.7 Å². The van der Waals surface area contributed by atoms with E-state index in [0.717, 1.165) is 35.3 Å². The minimum absolute atomic E-state index is 0.0430. The zero-order valence-corrected chi connectivity index (χ0v) is 61.7. The fourth-order valence-corrected chi connectivity index (χ4v) is 14.3. The van der Waals surface area contributed by atoms with E-state index in [-0.39, 0.29) is 197 Å². The normalized spacial score (nSPS) is 16.7. The lowest BCUT2D eigenvalue weighted by molar-refractivity contribution is -0.145. The third-order valence-corrected chi connectivity index (χ3v) is 18.2. The Hall–Kier alpha value is -8.46. The lowest BCUT2D eigenvalue weighted by Gasteiger charge is -2.28. The second-order valence-corrected chi connectivity index (χ2v) is 29.2. The van der Waals surface area contributed by atoms with E-state index < -0.39 is 94.2 Å². The summed E-state index contributed by atoms with van der Waals surface area (Å²) in [6, 6.07) is 0. The number of benzene rings is 3. The van der Waals surface area contributed by atoms with Crippen LogP contribution in [0.3, 0.4) is 0 Å². The van der Waals surface area contributed by atoms with Crippen LogP contribution in [0.4, 0.5) is 0 Å². The number of hydrogen-bond acceptors (Lipinski definition) is 30. The van der Waals surface area contributed by atoms with E-state index in [0.29, 0.717) is 0 Å². The summed E-state index contributed by atoms with van der Waals surface area (Å²) in [6.07, 6.45) is 0. The van der Waals surface area contributed by atoms with Gasteiger partial charge in [-0.15, -0.1) is 35.3 Å². The van der Waals surface area contributed by atoms with Crippen LogP contribution in [-0.4, -0.2) is 199 Å². The summed E-state index contributed by atoms with van der Waals surface area (Å²) in [5, 5.41) is 0. The van der Waals surface area contributed by atoms with E-state index in [1.807, 2.05) is 0 Å². The van der Waals surface area contributed by atoms with Gasteiger partial charge in [0, 0.05) is 125 Å². The molecule has 3 amide bonds. The molecule has 6 aliphatic rings. The van der Waals surface area contributed by atoms with E-state index in [4.69, 9.17) is 85.3 Å². The SMILES string of the molecule is CC(=O)OCCN(CCOC(C)=O)C(=O)CSc1c2c(c(C(c3c4c(c(SCC(=O)N(CCOC(C)=O)CCOC(C)=O)c5c3OC(C)(C)O5)OC(C)(C)O4)c3c4c(c(SCC(=O)N(CCOC(C)=O)CCOC(C)=O)c5c3OC(C)(C)O5)OC(C)(C)O4)c3c1OC(C)(C)O3)OC(C)(C)O2. The summed E-state index contributed by atoms with van der Waals surface area (Å²) in [6.45, 7) is 26.5. The average molecular weight is 1460 g/mol. The molecule has 9 rings (SSSR count). The molecule has 0 spiro atoms. The Balaban J connectivity index is 1.31. The second-order valence-electron chi connectivity index (χ2n) is 26.3. The van der Waals surface area contributed by atoms with Gasteiger partial charge in [-0.1, -0.05) is 0 Å². The second kappa shape index (κ2) is 29.6. The van der Waals surface area contributed by atoms with E-state index in [2.05, 4.69) is 0 Å². The van der Waals surface area contributed by atoms with Crippen molar-refractivity contribution in [2.75, 3.05) is 96.2 Å². The predicted octanol–water partition coefficient (Wildman–Crippen LogP) is 8.05. The summed E-state index contributed by atoms with van der Waals surface area (Å²) >= 11 is 3.10. The van der Waals surface area contributed by atoms with Crippen LogP contribution in [0.1, 0.15) is 147 Å². The Bertz CT molecular complexity index is 3200. The molecule has 6 heterocycles. The first-order valence-corrected chi connectivity index (χ1v) is 35.1. The molecule has 0 saturated carbocycles. The average Bonchev–Trinajstić information content (AvgIpc) is 1.49. The molecule has 548 valence electrons. The molecule has 3 aromatic rings. The molecule has 0 atom stereocenters. The van der Waals surface area contributed by atoms with E-state index >= 15 is 0 Å². The predicted molar refractivity (Wildman–Crippen MR) is 354 cm³/mol. The molecule has 6 aliphatic heterocycles. The molecule has 0 N–H and O–H groups in total. The molecule has 3 aromatic carbocycles. The Morgan fingerprint density at radius 1 is 0.280 bits per heavy atom. The number of carbonyl (C=O) groups is 9. The quantitative estimate of drug-likeness (QED) is 0.0263. The molecule has 33 heteroatoms. The highest BCUT2D eigenvalue weighted by Crippen LogP contribution is 2.72. The monoisotopic (exact) mass is 1460 g/mol. The standard InChI is InChI=1S/C67H85N3O27S3/c1-34(71)80-25-19-68(20-26-81-35(2)72)40(77)31-98-59-53-47(86-62(7,8)92-53)44(48-54(59)93-63(9,10)87-48)43(45-49-55(94-64(11,12)88-49)60(56-50(45)89-65(13,14)95-56)99-32-41(78)69(21-27-82-36(3)73)22-28-83-37(4)74)46-51-57(96-66(15,16)90-51)61(58-52(46)91-67(17,18)97-58)100-33-42(79)70(23-29-84-38(5)75)24-30-85-39(6)76/h43H,19-33H2,1-18H3. The van der Waals surface area contributed by atoms with E-state index in [1.165, 1.54) is 56.2 Å². The molecule has 0 saturated heterocycles. The molecule has 0 unspecified atom stereocenters. The van der Waals surface area contributed by atoms with Gasteiger partial charge in [0.05, 0.1) is 79.1 Å². The smallest absolute Gasteiger partial charge is 0.302 e. The molecular weight excluding hydrogens is 1370 g/mol. The minimum Gasteiger partial charge on any atom is -0.464 e. The number of hydrogen-bond donors (Lipinski definition) is 0. The maximum absolute atomic E-state index is 14.5. The molecule has 100 heavy (non-hydrogen) atoms. The fourth-order valence-electron chi connectivity index (χ4n) is 11.4. The molecule has 30 nitrogen and oxygen atoms in total.